The first-order chi connectivity index (χ1) is 11.0. The van der Waals surface area contributed by atoms with E-state index in [1.54, 1.807) is 0 Å². The van der Waals surface area contributed by atoms with E-state index in [4.69, 9.17) is 4.74 Å². The van der Waals surface area contributed by atoms with Crippen LogP contribution in [0.2, 0.25) is 0 Å². The van der Waals surface area contributed by atoms with Gasteiger partial charge < -0.3 is 4.74 Å². The van der Waals surface area contributed by atoms with Gasteiger partial charge in [-0.2, -0.15) is 5.10 Å². The summed E-state index contributed by atoms with van der Waals surface area (Å²) in [7, 11) is 0. The van der Waals surface area contributed by atoms with E-state index < -0.39 is 0 Å². The average Bonchev–Trinajstić information content (AvgIpc) is 2.53. The monoisotopic (exact) mass is 312 g/mol. The normalized spacial score (nSPS) is 19.2. The third-order valence-corrected chi connectivity index (χ3v) is 4.07. The number of allylic oxidation sites excluding steroid dienone is 3. The number of nitrogens with zero attached hydrogens (tertiary/aromatic N) is 1. The minimum atomic E-state index is -0.258. The van der Waals surface area contributed by atoms with Crippen molar-refractivity contribution in [1.82, 2.24) is 5.43 Å². The Hall–Kier alpha value is -2.36. The first-order valence-electron chi connectivity index (χ1n) is 7.83. The highest BCUT2D eigenvalue weighted by molar-refractivity contribution is 6.01. The lowest BCUT2D eigenvalue weighted by atomic mass is 9.85. The van der Waals surface area contributed by atoms with Gasteiger partial charge in [0.1, 0.15) is 5.75 Å². The second-order valence-electron chi connectivity index (χ2n) is 6.02. The SMILES string of the molecule is C=C(C)C1CC=C(C)C(=NNC(=O)COc2ccccc2C)C1. The van der Waals surface area contributed by atoms with E-state index in [0.717, 1.165) is 35.3 Å². The second kappa shape index (κ2) is 7.77. The van der Waals surface area contributed by atoms with E-state index in [1.807, 2.05) is 45.0 Å². The van der Waals surface area contributed by atoms with E-state index in [1.165, 1.54) is 0 Å². The van der Waals surface area contributed by atoms with Gasteiger partial charge in [0.15, 0.2) is 6.61 Å². The summed E-state index contributed by atoms with van der Waals surface area (Å²) in [6.45, 7) is 9.96. The molecule has 0 radical (unpaired) electrons. The second-order valence-corrected chi connectivity index (χ2v) is 6.02. The zero-order valence-electron chi connectivity index (χ0n) is 14.1. The number of carbonyl (C=O) groups excluding carboxylic acids is 1. The summed E-state index contributed by atoms with van der Waals surface area (Å²) in [6.07, 6.45) is 3.96. The van der Waals surface area contributed by atoms with Gasteiger partial charge >= 0.3 is 0 Å². The standard InChI is InChI=1S/C19H24N2O2/c1-13(2)16-10-9-14(3)17(11-16)20-21-19(22)12-23-18-8-6-5-7-15(18)4/h5-9,16H,1,10-12H2,2-4H3,(H,21,22). The van der Waals surface area contributed by atoms with E-state index in [2.05, 4.69) is 23.2 Å². The molecule has 0 fully saturated rings. The van der Waals surface area contributed by atoms with Gasteiger partial charge in [-0.1, -0.05) is 36.4 Å². The molecule has 4 heteroatoms. The third kappa shape index (κ3) is 4.81. The van der Waals surface area contributed by atoms with Gasteiger partial charge in [-0.15, -0.1) is 0 Å². The molecule has 122 valence electrons. The lowest BCUT2D eigenvalue weighted by Crippen LogP contribution is -2.27. The van der Waals surface area contributed by atoms with Crippen molar-refractivity contribution >= 4 is 11.6 Å². The Kier molecular flexibility index (Phi) is 5.74. The van der Waals surface area contributed by atoms with Gasteiger partial charge in [0.2, 0.25) is 0 Å². The molecular weight excluding hydrogens is 288 g/mol. The van der Waals surface area contributed by atoms with Crippen molar-refractivity contribution in [2.45, 2.75) is 33.6 Å². The molecule has 1 atom stereocenters. The fraction of sp³-hybridized carbons (Fsp3) is 0.368. The molecule has 1 aromatic carbocycles. The number of hydrogen-bond donors (Lipinski definition) is 1. The number of hydrazone groups is 1. The van der Waals surface area contributed by atoms with Crippen LogP contribution in [-0.2, 0) is 4.79 Å². The number of ether oxygens (including phenoxy) is 1. The Morgan fingerprint density at radius 2 is 2.13 bits per heavy atom. The Morgan fingerprint density at radius 1 is 1.39 bits per heavy atom. The molecule has 0 spiro atoms. The molecule has 1 unspecified atom stereocenters. The molecule has 0 saturated heterocycles. The zero-order chi connectivity index (χ0) is 16.8. The van der Waals surface area contributed by atoms with Crippen LogP contribution in [0.25, 0.3) is 0 Å². The number of nitrogens with one attached hydrogen (secondary N) is 1. The lowest BCUT2D eigenvalue weighted by molar-refractivity contribution is -0.123. The van der Waals surface area contributed by atoms with Gasteiger partial charge in [-0.25, -0.2) is 5.43 Å². The zero-order valence-corrected chi connectivity index (χ0v) is 14.1. The van der Waals surface area contributed by atoms with E-state index in [-0.39, 0.29) is 12.5 Å². The highest BCUT2D eigenvalue weighted by Gasteiger charge is 2.18. The number of aryl methyl sites for hydroxylation is 1. The van der Waals surface area contributed by atoms with Gasteiger partial charge in [-0.3, -0.25) is 4.79 Å². The number of amides is 1. The predicted molar refractivity (Wildman–Crippen MR) is 93.5 cm³/mol. The maximum atomic E-state index is 11.9. The van der Waals surface area contributed by atoms with Crippen LogP contribution in [0.15, 0.2) is 53.2 Å². The Morgan fingerprint density at radius 3 is 2.83 bits per heavy atom. The first kappa shape index (κ1) is 17.0. The topological polar surface area (TPSA) is 50.7 Å². The van der Waals surface area contributed by atoms with Crippen molar-refractivity contribution in [1.29, 1.82) is 0 Å². The average molecular weight is 312 g/mol. The van der Waals surface area contributed by atoms with Crippen molar-refractivity contribution in [3.63, 3.8) is 0 Å². The minimum Gasteiger partial charge on any atom is -0.483 e. The third-order valence-electron chi connectivity index (χ3n) is 4.07. The van der Waals surface area contributed by atoms with Crippen LogP contribution in [0.5, 0.6) is 5.75 Å². The molecule has 0 bridgehead atoms. The van der Waals surface area contributed by atoms with Crippen molar-refractivity contribution in [3.05, 3.63) is 53.6 Å². The summed E-state index contributed by atoms with van der Waals surface area (Å²) in [6, 6.07) is 7.61. The highest BCUT2D eigenvalue weighted by atomic mass is 16.5. The van der Waals surface area contributed by atoms with E-state index in [0.29, 0.717) is 11.7 Å². The fourth-order valence-corrected chi connectivity index (χ4v) is 2.45. The van der Waals surface area contributed by atoms with Crippen LogP contribution >= 0.6 is 0 Å². The maximum absolute atomic E-state index is 11.9. The van der Waals surface area contributed by atoms with Crippen LogP contribution in [0.1, 0.15) is 32.3 Å². The Bertz CT molecular complexity index is 659. The number of benzene rings is 1. The van der Waals surface area contributed by atoms with Crippen molar-refractivity contribution in [3.8, 4) is 5.75 Å². The van der Waals surface area contributed by atoms with Crippen molar-refractivity contribution in [2.75, 3.05) is 6.61 Å². The highest BCUT2D eigenvalue weighted by Crippen LogP contribution is 2.26. The molecule has 1 aromatic rings. The molecule has 1 amide bonds. The van der Waals surface area contributed by atoms with Gasteiger partial charge in [0, 0.05) is 0 Å². The number of hydrogen-bond acceptors (Lipinski definition) is 3. The Labute approximate surface area is 137 Å². The molecule has 0 saturated carbocycles. The number of rotatable bonds is 5. The minimum absolute atomic E-state index is 0.0473. The molecule has 0 aliphatic heterocycles. The summed E-state index contributed by atoms with van der Waals surface area (Å²) < 4.78 is 5.51. The van der Waals surface area contributed by atoms with Crippen LogP contribution in [-0.4, -0.2) is 18.2 Å². The fourth-order valence-electron chi connectivity index (χ4n) is 2.45. The van der Waals surface area contributed by atoms with Crippen LogP contribution < -0.4 is 10.2 Å². The molecule has 0 heterocycles. The largest absolute Gasteiger partial charge is 0.483 e. The number of carbonyl (C=O) groups is 1. The van der Waals surface area contributed by atoms with Crippen molar-refractivity contribution < 1.29 is 9.53 Å². The molecule has 0 aromatic heterocycles. The smallest absolute Gasteiger partial charge is 0.277 e. The Balaban J connectivity index is 1.90. The summed E-state index contributed by atoms with van der Waals surface area (Å²) in [4.78, 5) is 11.9. The molecule has 2 rings (SSSR count). The van der Waals surface area contributed by atoms with E-state index in [9.17, 15) is 4.79 Å². The molecule has 1 aliphatic carbocycles. The van der Waals surface area contributed by atoms with Gasteiger partial charge in [0.25, 0.3) is 5.91 Å². The molecule has 1 aliphatic rings. The quantitative estimate of drug-likeness (QED) is 0.664. The number of para-hydroxylation sites is 1. The summed E-state index contributed by atoms with van der Waals surface area (Å²) in [5.41, 5.74) is 6.76. The van der Waals surface area contributed by atoms with Crippen LogP contribution in [0.3, 0.4) is 0 Å². The van der Waals surface area contributed by atoms with E-state index >= 15 is 0 Å². The first-order valence-corrected chi connectivity index (χ1v) is 7.83. The summed E-state index contributed by atoms with van der Waals surface area (Å²) >= 11 is 0. The lowest BCUT2D eigenvalue weighted by Gasteiger charge is -2.22. The predicted octanol–water partition coefficient (Wildman–Crippen LogP) is 3.78. The van der Waals surface area contributed by atoms with Gasteiger partial charge in [0.05, 0.1) is 5.71 Å². The summed E-state index contributed by atoms with van der Waals surface area (Å²) in [5.74, 6) is 0.856. The van der Waals surface area contributed by atoms with Crippen molar-refractivity contribution in [2.24, 2.45) is 11.0 Å². The van der Waals surface area contributed by atoms with Crippen LogP contribution in [0, 0.1) is 12.8 Å². The molecular formula is C19H24N2O2. The van der Waals surface area contributed by atoms with Crippen LogP contribution in [0.4, 0.5) is 0 Å². The summed E-state index contributed by atoms with van der Waals surface area (Å²) in [5, 5.41) is 4.26. The van der Waals surface area contributed by atoms with Gasteiger partial charge in [-0.05, 0) is 56.7 Å². The molecule has 4 nitrogen and oxygen atoms in total. The maximum Gasteiger partial charge on any atom is 0.277 e. The molecule has 1 N–H and O–H groups in total. The molecule has 23 heavy (non-hydrogen) atoms.